The molecule has 11 aromatic rings. The average Bonchev–Trinajstić information content (AvgIpc) is 3.87. The Balaban J connectivity index is 1.19. The van der Waals surface area contributed by atoms with Gasteiger partial charge in [-0.05, 0) is 0 Å². The molecule has 2 aromatic heterocycles. The fourth-order valence-electron chi connectivity index (χ4n) is 8.65. The zero-order valence-electron chi connectivity index (χ0n) is 28.1. The van der Waals surface area contributed by atoms with Gasteiger partial charge in [0, 0.05) is 0 Å². The summed E-state index contributed by atoms with van der Waals surface area (Å²) in [5.41, 5.74) is 9.18. The second kappa shape index (κ2) is 11.9. The van der Waals surface area contributed by atoms with Crippen LogP contribution >= 0.6 is 11.3 Å². The summed E-state index contributed by atoms with van der Waals surface area (Å²) >= 11 is 2.01. The van der Waals surface area contributed by atoms with Gasteiger partial charge in [0.05, 0.1) is 0 Å². The van der Waals surface area contributed by atoms with E-state index in [0.717, 1.165) is 0 Å². The van der Waals surface area contributed by atoms with E-state index >= 15 is 0 Å². The maximum atomic E-state index is 2.51. The van der Waals surface area contributed by atoms with E-state index in [9.17, 15) is 0 Å². The average molecular weight is 742 g/mol. The summed E-state index contributed by atoms with van der Waals surface area (Å²) in [6.07, 6.45) is 0. The van der Waals surface area contributed by atoms with Crippen molar-refractivity contribution in [2.24, 2.45) is 0 Å². The van der Waals surface area contributed by atoms with Crippen LogP contribution in [0, 0.1) is 0 Å². The minimum atomic E-state index is 0.189. The molecule has 2 heterocycles. The van der Waals surface area contributed by atoms with Crippen molar-refractivity contribution >= 4 is 88.2 Å². The summed E-state index contributed by atoms with van der Waals surface area (Å²) in [6, 6.07) is 65.6. The molecule has 9 aromatic carbocycles. The van der Waals surface area contributed by atoms with Crippen LogP contribution in [0.1, 0.15) is 0 Å². The second-order valence-electron chi connectivity index (χ2n) is 13.5. The van der Waals surface area contributed by atoms with Crippen LogP contribution in [0.2, 0.25) is 0 Å². The van der Waals surface area contributed by atoms with Crippen molar-refractivity contribution in [2.45, 2.75) is 0 Å². The van der Waals surface area contributed by atoms with E-state index in [0.29, 0.717) is 0 Å². The predicted molar refractivity (Wildman–Crippen MR) is 228 cm³/mol. The summed E-state index contributed by atoms with van der Waals surface area (Å²) in [4.78, 5) is 1.32. The molecule has 0 unspecified atom stereocenters. The van der Waals surface area contributed by atoms with E-state index in [1.54, 1.807) is 0 Å². The van der Waals surface area contributed by atoms with Crippen molar-refractivity contribution in [1.82, 2.24) is 0 Å². The van der Waals surface area contributed by atoms with E-state index in [4.69, 9.17) is 0 Å². The molecule has 0 saturated carbocycles. The van der Waals surface area contributed by atoms with Crippen LogP contribution in [0.4, 0.5) is 0 Å². The van der Waals surface area contributed by atoms with Gasteiger partial charge in [0.2, 0.25) is 0 Å². The summed E-state index contributed by atoms with van der Waals surface area (Å²) in [5.74, 6) is 0. The first-order valence-electron chi connectivity index (χ1n) is 17.8. The van der Waals surface area contributed by atoms with Gasteiger partial charge >= 0.3 is 313 Å². The molecule has 11 rings (SSSR count). The van der Waals surface area contributed by atoms with E-state index in [1.807, 2.05) is 11.3 Å². The van der Waals surface area contributed by atoms with Crippen molar-refractivity contribution in [3.63, 3.8) is 0 Å². The SMILES string of the molecule is c1ccc(-c2c3ccccc3c(-c3ccc4c(c3)[se]c3cccc(-c5c6ccccc6c(-c6cccs6)c6ccccc56)c34)c3ccccc23)cc1. The predicted octanol–water partition coefficient (Wildman–Crippen LogP) is 14.4. The van der Waals surface area contributed by atoms with E-state index in [2.05, 4.69) is 181 Å². The van der Waals surface area contributed by atoms with Gasteiger partial charge in [-0.25, -0.2) is 0 Å². The van der Waals surface area contributed by atoms with E-state index < -0.39 is 0 Å². The molecular weight excluding hydrogens is 712 g/mol. The zero-order valence-corrected chi connectivity index (χ0v) is 30.7. The van der Waals surface area contributed by atoms with Crippen LogP contribution in [0.15, 0.2) is 181 Å². The van der Waals surface area contributed by atoms with Crippen molar-refractivity contribution in [1.29, 1.82) is 0 Å². The van der Waals surface area contributed by atoms with Gasteiger partial charge < -0.3 is 0 Å². The van der Waals surface area contributed by atoms with Gasteiger partial charge in [0.15, 0.2) is 0 Å². The first-order chi connectivity index (χ1) is 25.8. The number of hydrogen-bond donors (Lipinski definition) is 0. The Labute approximate surface area is 311 Å². The molecule has 0 N–H and O–H groups in total. The fraction of sp³-hybridized carbons (Fsp3) is 0. The molecule has 52 heavy (non-hydrogen) atoms. The fourth-order valence-corrected chi connectivity index (χ4v) is 11.9. The summed E-state index contributed by atoms with van der Waals surface area (Å²) in [7, 11) is 0. The summed E-state index contributed by atoms with van der Waals surface area (Å²) in [6.45, 7) is 0. The number of thiophene rings is 1. The number of hydrogen-bond acceptors (Lipinski definition) is 1. The normalized spacial score (nSPS) is 11.8. The number of fused-ring (bicyclic) bond motifs is 7. The molecule has 0 aliphatic carbocycles. The van der Waals surface area contributed by atoms with Crippen LogP contribution < -0.4 is 0 Å². The molecule has 2 heteroatoms. The van der Waals surface area contributed by atoms with Crippen molar-refractivity contribution in [2.75, 3.05) is 0 Å². The summed E-state index contributed by atoms with van der Waals surface area (Å²) in [5, 5.41) is 15.4. The molecule has 0 aliphatic rings. The minimum absolute atomic E-state index is 0.189. The number of rotatable bonds is 4. The Hall–Kier alpha value is -5.76. The standard InChI is InChI=1S/C50H30SSe/c1-2-14-31(15-3-1)46-33-16-4-6-18-35(33)47(36-19-7-5-17-34(36)46)32-27-28-41-45(30-32)52-44-26-12-24-42(50(41)44)48-37-20-8-10-22-39(37)49(43-25-13-29-51-43)40-23-11-9-21-38(40)48/h1-30H. The third-order valence-corrected chi connectivity index (χ3v) is 14.0. The molecule has 0 nitrogen and oxygen atoms in total. The zero-order chi connectivity index (χ0) is 34.2. The van der Waals surface area contributed by atoms with Gasteiger partial charge in [-0.2, -0.15) is 0 Å². The topological polar surface area (TPSA) is 0 Å². The molecule has 0 spiro atoms. The quantitative estimate of drug-likeness (QED) is 0.124. The molecule has 242 valence electrons. The van der Waals surface area contributed by atoms with E-state index in [1.165, 1.54) is 106 Å². The van der Waals surface area contributed by atoms with Crippen molar-refractivity contribution < 1.29 is 0 Å². The molecule has 0 saturated heterocycles. The first kappa shape index (κ1) is 29.9. The Morgan fingerprint density at radius 2 is 0.846 bits per heavy atom. The van der Waals surface area contributed by atoms with E-state index in [-0.39, 0.29) is 14.5 Å². The Morgan fingerprint density at radius 3 is 1.40 bits per heavy atom. The maximum absolute atomic E-state index is 2.51. The molecule has 0 atom stereocenters. The summed E-state index contributed by atoms with van der Waals surface area (Å²) < 4.78 is 2.92. The molecule has 0 fully saturated rings. The first-order valence-corrected chi connectivity index (χ1v) is 20.3. The van der Waals surface area contributed by atoms with Gasteiger partial charge in [0.1, 0.15) is 0 Å². The van der Waals surface area contributed by atoms with Gasteiger partial charge in [-0.1, -0.05) is 0 Å². The van der Waals surface area contributed by atoms with Gasteiger partial charge in [-0.15, -0.1) is 0 Å². The Morgan fingerprint density at radius 1 is 0.327 bits per heavy atom. The van der Waals surface area contributed by atoms with Crippen molar-refractivity contribution in [3.8, 4) is 43.8 Å². The van der Waals surface area contributed by atoms with Crippen LogP contribution in [-0.4, -0.2) is 14.5 Å². The molecular formula is C50H30SSe. The Bertz CT molecular complexity index is 3050. The molecule has 0 bridgehead atoms. The van der Waals surface area contributed by atoms with Crippen molar-refractivity contribution in [3.05, 3.63) is 181 Å². The molecule has 0 radical (unpaired) electrons. The van der Waals surface area contributed by atoms with Crippen LogP contribution in [0.5, 0.6) is 0 Å². The third kappa shape index (κ3) is 4.46. The monoisotopic (exact) mass is 742 g/mol. The molecule has 0 aliphatic heterocycles. The molecule has 0 amide bonds. The third-order valence-electron chi connectivity index (χ3n) is 10.7. The van der Waals surface area contributed by atoms with Crippen LogP contribution in [0.25, 0.3) is 106 Å². The van der Waals surface area contributed by atoms with Gasteiger partial charge in [0.25, 0.3) is 0 Å². The Kier molecular flexibility index (Phi) is 6.85. The van der Waals surface area contributed by atoms with Crippen LogP contribution in [0.3, 0.4) is 0 Å². The van der Waals surface area contributed by atoms with Crippen LogP contribution in [-0.2, 0) is 0 Å². The second-order valence-corrected chi connectivity index (χ2v) is 16.7. The van der Waals surface area contributed by atoms with Gasteiger partial charge in [-0.3, -0.25) is 0 Å². The number of benzene rings is 9.